The second-order valence-corrected chi connectivity index (χ2v) is 7.42. The Morgan fingerprint density at radius 3 is 1.41 bits per heavy atom. The summed E-state index contributed by atoms with van der Waals surface area (Å²) in [5.41, 5.74) is 5.58. The molecule has 0 fully saturated rings. The highest BCUT2D eigenvalue weighted by Crippen LogP contribution is 2.31. The highest BCUT2D eigenvalue weighted by atomic mass is 19.1. The SMILES string of the molecule is Fc1cccc(-c2nc3cc(-c4ccc5oc(-c6cccc(F)c6)nc5c4)ccc3o2)c1. The van der Waals surface area contributed by atoms with Crippen LogP contribution in [0.4, 0.5) is 8.78 Å². The monoisotopic (exact) mass is 424 g/mol. The van der Waals surface area contributed by atoms with E-state index in [9.17, 15) is 8.78 Å². The van der Waals surface area contributed by atoms with Crippen LogP contribution in [0.25, 0.3) is 56.2 Å². The molecule has 32 heavy (non-hydrogen) atoms. The van der Waals surface area contributed by atoms with Gasteiger partial charge in [-0.15, -0.1) is 0 Å². The molecule has 0 aliphatic heterocycles. The van der Waals surface area contributed by atoms with Crippen molar-refractivity contribution >= 4 is 22.2 Å². The van der Waals surface area contributed by atoms with E-state index in [4.69, 9.17) is 8.83 Å². The van der Waals surface area contributed by atoms with E-state index < -0.39 is 0 Å². The Labute approximate surface area is 180 Å². The zero-order valence-corrected chi connectivity index (χ0v) is 16.5. The molecule has 2 heterocycles. The molecule has 0 saturated heterocycles. The number of hydrogen-bond acceptors (Lipinski definition) is 4. The van der Waals surface area contributed by atoms with Crippen LogP contribution in [0.1, 0.15) is 0 Å². The molecule has 0 radical (unpaired) electrons. The first-order valence-electron chi connectivity index (χ1n) is 9.96. The Balaban J connectivity index is 1.39. The number of rotatable bonds is 3. The average Bonchev–Trinajstić information content (AvgIpc) is 3.42. The molecular weight excluding hydrogens is 410 g/mol. The summed E-state index contributed by atoms with van der Waals surface area (Å²) in [5, 5.41) is 0. The van der Waals surface area contributed by atoms with Crippen molar-refractivity contribution in [3.05, 3.63) is 96.6 Å². The molecule has 4 nitrogen and oxygen atoms in total. The molecule has 0 amide bonds. The van der Waals surface area contributed by atoms with Crippen molar-refractivity contribution in [1.29, 1.82) is 0 Å². The van der Waals surface area contributed by atoms with Crippen molar-refractivity contribution in [3.63, 3.8) is 0 Å². The van der Waals surface area contributed by atoms with E-state index in [1.54, 1.807) is 24.3 Å². The standard InChI is InChI=1S/C26H14F2N2O2/c27-19-5-1-3-17(11-19)25-29-21-13-15(7-9-23(21)31-25)16-8-10-24-22(14-16)30-26(32-24)18-4-2-6-20(28)12-18/h1-14H. The third-order valence-electron chi connectivity index (χ3n) is 5.25. The largest absolute Gasteiger partial charge is 0.436 e. The van der Waals surface area contributed by atoms with Gasteiger partial charge in [-0.1, -0.05) is 24.3 Å². The maximum Gasteiger partial charge on any atom is 0.227 e. The number of hydrogen-bond donors (Lipinski definition) is 0. The van der Waals surface area contributed by atoms with E-state index in [1.807, 2.05) is 36.4 Å². The number of benzene rings is 4. The molecule has 0 N–H and O–H groups in total. The molecule has 0 spiro atoms. The van der Waals surface area contributed by atoms with Gasteiger partial charge in [0.1, 0.15) is 22.7 Å². The molecule has 6 heteroatoms. The van der Waals surface area contributed by atoms with E-state index in [2.05, 4.69) is 9.97 Å². The molecule has 0 aliphatic rings. The summed E-state index contributed by atoms with van der Waals surface area (Å²) >= 11 is 0. The van der Waals surface area contributed by atoms with Crippen LogP contribution >= 0.6 is 0 Å². The van der Waals surface area contributed by atoms with Gasteiger partial charge in [0.25, 0.3) is 0 Å². The van der Waals surface area contributed by atoms with E-state index >= 15 is 0 Å². The second kappa shape index (κ2) is 7.13. The Kier molecular flexibility index (Phi) is 4.11. The summed E-state index contributed by atoms with van der Waals surface area (Å²) in [7, 11) is 0. The summed E-state index contributed by atoms with van der Waals surface area (Å²) in [6.07, 6.45) is 0. The van der Waals surface area contributed by atoms with Crippen LogP contribution in [0.5, 0.6) is 0 Å². The van der Waals surface area contributed by atoms with Crippen molar-refractivity contribution in [1.82, 2.24) is 9.97 Å². The molecule has 0 bridgehead atoms. The van der Waals surface area contributed by atoms with Gasteiger partial charge >= 0.3 is 0 Å². The summed E-state index contributed by atoms with van der Waals surface area (Å²) in [5.74, 6) is 0.0413. The van der Waals surface area contributed by atoms with Crippen LogP contribution in [0.15, 0.2) is 93.8 Å². The van der Waals surface area contributed by atoms with Crippen LogP contribution in [0.2, 0.25) is 0 Å². The van der Waals surface area contributed by atoms with Gasteiger partial charge in [-0.2, -0.15) is 0 Å². The first-order valence-corrected chi connectivity index (χ1v) is 9.96. The van der Waals surface area contributed by atoms with Gasteiger partial charge in [-0.25, -0.2) is 18.7 Å². The van der Waals surface area contributed by atoms with Crippen molar-refractivity contribution < 1.29 is 17.6 Å². The predicted molar refractivity (Wildman–Crippen MR) is 118 cm³/mol. The fraction of sp³-hybridized carbons (Fsp3) is 0. The maximum absolute atomic E-state index is 13.5. The zero-order chi connectivity index (χ0) is 21.7. The van der Waals surface area contributed by atoms with Crippen molar-refractivity contribution in [2.75, 3.05) is 0 Å². The van der Waals surface area contributed by atoms with Gasteiger partial charge in [0.15, 0.2) is 11.2 Å². The third kappa shape index (κ3) is 3.22. The maximum atomic E-state index is 13.5. The Morgan fingerprint density at radius 1 is 0.500 bits per heavy atom. The van der Waals surface area contributed by atoms with E-state index in [-0.39, 0.29) is 11.6 Å². The van der Waals surface area contributed by atoms with Crippen molar-refractivity contribution in [2.24, 2.45) is 0 Å². The Bertz CT molecular complexity index is 1500. The minimum Gasteiger partial charge on any atom is -0.436 e. The lowest BCUT2D eigenvalue weighted by Crippen LogP contribution is -1.80. The van der Waals surface area contributed by atoms with Gasteiger partial charge < -0.3 is 8.83 Å². The van der Waals surface area contributed by atoms with E-state index in [0.29, 0.717) is 45.1 Å². The molecule has 6 rings (SSSR count). The zero-order valence-electron chi connectivity index (χ0n) is 16.5. The van der Waals surface area contributed by atoms with Crippen LogP contribution in [-0.2, 0) is 0 Å². The summed E-state index contributed by atoms with van der Waals surface area (Å²) in [6.45, 7) is 0. The molecule has 154 valence electrons. The molecule has 4 aromatic carbocycles. The highest BCUT2D eigenvalue weighted by Gasteiger charge is 2.13. The normalized spacial score (nSPS) is 11.4. The first kappa shape index (κ1) is 18.4. The minimum absolute atomic E-state index is 0.344. The van der Waals surface area contributed by atoms with Crippen LogP contribution in [0.3, 0.4) is 0 Å². The molecule has 0 saturated carbocycles. The molecule has 0 unspecified atom stereocenters. The van der Waals surface area contributed by atoms with Crippen LogP contribution in [0, 0.1) is 11.6 Å². The fourth-order valence-corrected chi connectivity index (χ4v) is 3.70. The Morgan fingerprint density at radius 2 is 0.969 bits per heavy atom. The number of halogens is 2. The quantitative estimate of drug-likeness (QED) is 0.300. The lowest BCUT2D eigenvalue weighted by molar-refractivity contribution is 0.611. The van der Waals surface area contributed by atoms with Crippen molar-refractivity contribution in [3.8, 4) is 34.0 Å². The lowest BCUT2D eigenvalue weighted by Gasteiger charge is -2.00. The molecule has 0 atom stereocenters. The number of aromatic nitrogens is 2. The third-order valence-corrected chi connectivity index (χ3v) is 5.25. The smallest absolute Gasteiger partial charge is 0.227 e. The summed E-state index contributed by atoms with van der Waals surface area (Å²) < 4.78 is 38.7. The minimum atomic E-state index is -0.344. The topological polar surface area (TPSA) is 52.1 Å². The average molecular weight is 424 g/mol. The van der Waals surface area contributed by atoms with Gasteiger partial charge in [0.2, 0.25) is 11.8 Å². The van der Waals surface area contributed by atoms with Gasteiger partial charge in [-0.05, 0) is 71.8 Å². The van der Waals surface area contributed by atoms with Gasteiger partial charge in [0, 0.05) is 11.1 Å². The van der Waals surface area contributed by atoms with Gasteiger partial charge in [-0.3, -0.25) is 0 Å². The van der Waals surface area contributed by atoms with Crippen LogP contribution < -0.4 is 0 Å². The molecule has 0 aliphatic carbocycles. The van der Waals surface area contributed by atoms with E-state index in [0.717, 1.165) is 11.1 Å². The molecule has 2 aromatic heterocycles. The van der Waals surface area contributed by atoms with Crippen molar-refractivity contribution in [2.45, 2.75) is 0 Å². The molecule has 6 aromatic rings. The Hall–Kier alpha value is -4.32. The summed E-state index contributed by atoms with van der Waals surface area (Å²) in [4.78, 5) is 9.04. The number of fused-ring (bicyclic) bond motifs is 2. The number of nitrogens with zero attached hydrogens (tertiary/aromatic N) is 2. The highest BCUT2D eigenvalue weighted by molar-refractivity contribution is 5.86. The summed E-state index contributed by atoms with van der Waals surface area (Å²) in [6, 6.07) is 23.6. The van der Waals surface area contributed by atoms with Crippen LogP contribution in [-0.4, -0.2) is 9.97 Å². The number of oxazole rings is 2. The molecular formula is C26H14F2N2O2. The van der Waals surface area contributed by atoms with Gasteiger partial charge in [0.05, 0.1) is 0 Å². The predicted octanol–water partition coefficient (Wildman–Crippen LogP) is 7.25. The lowest BCUT2D eigenvalue weighted by atomic mass is 10.0. The second-order valence-electron chi connectivity index (χ2n) is 7.42. The fourth-order valence-electron chi connectivity index (χ4n) is 3.70. The first-order chi connectivity index (χ1) is 15.6. The van der Waals surface area contributed by atoms with E-state index in [1.165, 1.54) is 24.3 Å².